The lowest BCUT2D eigenvalue weighted by Crippen LogP contribution is -2.45. The van der Waals surface area contributed by atoms with Crippen molar-refractivity contribution in [3.63, 3.8) is 0 Å². The maximum absolute atomic E-state index is 13.4. The third-order valence-electron chi connectivity index (χ3n) is 5.46. The first-order valence-electron chi connectivity index (χ1n) is 10.5. The molecule has 170 valence electrons. The molecule has 0 radical (unpaired) electrons. The maximum Gasteiger partial charge on any atom is 0.415 e. The number of carbonyl (C=O) groups excluding carboxylic acids is 3. The Morgan fingerprint density at radius 3 is 2.38 bits per heavy atom. The first kappa shape index (κ1) is 23.2. The van der Waals surface area contributed by atoms with Gasteiger partial charge < -0.3 is 19.1 Å². The lowest BCUT2D eigenvalue weighted by molar-refractivity contribution is -0.150. The lowest BCUT2D eigenvalue weighted by Gasteiger charge is -2.38. The van der Waals surface area contributed by atoms with Gasteiger partial charge in [-0.15, -0.1) is 0 Å². The van der Waals surface area contributed by atoms with Crippen molar-refractivity contribution in [2.24, 2.45) is 5.92 Å². The number of hydrogen-bond acceptors (Lipinski definition) is 6. The standard InChI is InChI=1S/C24H26FNO6/c1-30-22(27)11-12-23(28)31-16-18-15-26(24(29)32-20-5-3-2-4-6-20)14-13-21(18)17-7-9-19(25)10-8-17/h2-10,18,21H,11-16H2,1H3/t18-,21-/m0/s1. The fraction of sp³-hybridized carbons (Fsp3) is 0.375. The quantitative estimate of drug-likeness (QED) is 0.603. The van der Waals surface area contributed by atoms with Crippen LogP contribution in [0.5, 0.6) is 5.75 Å². The van der Waals surface area contributed by atoms with Crippen LogP contribution in [0.1, 0.15) is 30.7 Å². The Hall–Kier alpha value is -3.42. The van der Waals surface area contributed by atoms with E-state index < -0.39 is 18.0 Å². The predicted octanol–water partition coefficient (Wildman–Crippen LogP) is 3.93. The number of amides is 1. The highest BCUT2D eigenvalue weighted by molar-refractivity contribution is 5.77. The number of benzene rings is 2. The first-order chi connectivity index (χ1) is 15.5. The summed E-state index contributed by atoms with van der Waals surface area (Å²) in [4.78, 5) is 37.5. The van der Waals surface area contributed by atoms with Gasteiger partial charge in [0.05, 0.1) is 26.6 Å². The molecule has 0 bridgehead atoms. The van der Waals surface area contributed by atoms with E-state index >= 15 is 0 Å². The Morgan fingerprint density at radius 2 is 1.69 bits per heavy atom. The molecule has 1 amide bonds. The number of likely N-dealkylation sites (tertiary alicyclic amines) is 1. The predicted molar refractivity (Wildman–Crippen MR) is 113 cm³/mol. The van der Waals surface area contributed by atoms with Gasteiger partial charge in [0.25, 0.3) is 0 Å². The van der Waals surface area contributed by atoms with Crippen LogP contribution in [-0.4, -0.2) is 49.7 Å². The summed E-state index contributed by atoms with van der Waals surface area (Å²) in [5.74, 6) is -1.12. The van der Waals surface area contributed by atoms with E-state index in [2.05, 4.69) is 4.74 Å². The summed E-state index contributed by atoms with van der Waals surface area (Å²) < 4.78 is 28.8. The largest absolute Gasteiger partial charge is 0.469 e. The summed E-state index contributed by atoms with van der Waals surface area (Å²) in [6.07, 6.45) is -0.00670. The molecular weight excluding hydrogens is 417 g/mol. The topological polar surface area (TPSA) is 82.1 Å². The number of halogens is 1. The molecule has 7 nitrogen and oxygen atoms in total. The van der Waals surface area contributed by atoms with E-state index in [0.717, 1.165) is 5.56 Å². The Morgan fingerprint density at radius 1 is 1.00 bits per heavy atom. The van der Waals surface area contributed by atoms with Gasteiger partial charge in [0.2, 0.25) is 0 Å². The third-order valence-corrected chi connectivity index (χ3v) is 5.46. The van der Waals surface area contributed by atoms with Crippen LogP contribution in [0.4, 0.5) is 9.18 Å². The molecule has 0 N–H and O–H groups in total. The number of methoxy groups -OCH3 is 1. The van der Waals surface area contributed by atoms with Crippen molar-refractivity contribution in [3.05, 3.63) is 66.0 Å². The highest BCUT2D eigenvalue weighted by atomic mass is 19.1. The Kier molecular flexibility index (Phi) is 8.19. The van der Waals surface area contributed by atoms with Crippen molar-refractivity contribution in [3.8, 4) is 5.75 Å². The number of hydrogen-bond donors (Lipinski definition) is 0. The maximum atomic E-state index is 13.4. The molecule has 0 saturated carbocycles. The highest BCUT2D eigenvalue weighted by Crippen LogP contribution is 2.34. The van der Waals surface area contributed by atoms with Crippen LogP contribution in [0.2, 0.25) is 0 Å². The second-order valence-corrected chi connectivity index (χ2v) is 7.59. The summed E-state index contributed by atoms with van der Waals surface area (Å²) in [5.41, 5.74) is 0.915. The van der Waals surface area contributed by atoms with E-state index in [1.807, 2.05) is 6.07 Å². The molecule has 0 unspecified atom stereocenters. The second kappa shape index (κ2) is 11.3. The van der Waals surface area contributed by atoms with Gasteiger partial charge >= 0.3 is 18.0 Å². The van der Waals surface area contributed by atoms with Gasteiger partial charge in [0.15, 0.2) is 0 Å². The van der Waals surface area contributed by atoms with Crippen LogP contribution >= 0.6 is 0 Å². The number of para-hydroxylation sites is 1. The van der Waals surface area contributed by atoms with Crippen molar-refractivity contribution in [2.45, 2.75) is 25.2 Å². The summed E-state index contributed by atoms with van der Waals surface area (Å²) in [5, 5.41) is 0. The normalized spacial score (nSPS) is 18.0. The van der Waals surface area contributed by atoms with Gasteiger partial charge in [0.1, 0.15) is 11.6 Å². The molecule has 1 aliphatic heterocycles. The number of esters is 2. The van der Waals surface area contributed by atoms with E-state index in [9.17, 15) is 18.8 Å². The number of rotatable bonds is 7. The van der Waals surface area contributed by atoms with Crippen LogP contribution < -0.4 is 4.74 Å². The van der Waals surface area contributed by atoms with Crippen molar-refractivity contribution in [1.29, 1.82) is 0 Å². The van der Waals surface area contributed by atoms with Crippen LogP contribution in [0.25, 0.3) is 0 Å². The molecule has 0 aliphatic carbocycles. The first-order valence-corrected chi connectivity index (χ1v) is 10.5. The average Bonchev–Trinajstić information content (AvgIpc) is 2.82. The summed E-state index contributed by atoms with van der Waals surface area (Å²) in [6, 6.07) is 15.0. The van der Waals surface area contributed by atoms with E-state index in [1.54, 1.807) is 41.3 Å². The van der Waals surface area contributed by atoms with Crippen LogP contribution in [0, 0.1) is 11.7 Å². The minimum Gasteiger partial charge on any atom is -0.469 e. The molecule has 2 atom stereocenters. The van der Waals surface area contributed by atoms with Crippen LogP contribution in [0.3, 0.4) is 0 Å². The van der Waals surface area contributed by atoms with E-state index in [0.29, 0.717) is 25.3 Å². The minimum atomic E-state index is -0.516. The second-order valence-electron chi connectivity index (χ2n) is 7.59. The molecule has 8 heteroatoms. The molecule has 32 heavy (non-hydrogen) atoms. The van der Waals surface area contributed by atoms with Crippen molar-refractivity contribution < 1.29 is 33.0 Å². The smallest absolute Gasteiger partial charge is 0.415 e. The highest BCUT2D eigenvalue weighted by Gasteiger charge is 2.34. The van der Waals surface area contributed by atoms with E-state index in [1.165, 1.54) is 19.2 Å². The fourth-order valence-corrected chi connectivity index (χ4v) is 3.75. The monoisotopic (exact) mass is 443 g/mol. The SMILES string of the molecule is COC(=O)CCC(=O)OC[C@@H]1CN(C(=O)Oc2ccccc2)CC[C@H]1c1ccc(F)cc1. The zero-order valence-electron chi connectivity index (χ0n) is 17.9. The zero-order valence-corrected chi connectivity index (χ0v) is 17.9. The number of carbonyl (C=O) groups is 3. The van der Waals surface area contributed by atoms with Gasteiger partial charge in [-0.05, 0) is 42.2 Å². The summed E-state index contributed by atoms with van der Waals surface area (Å²) in [6.45, 7) is 0.843. The molecule has 1 fully saturated rings. The average molecular weight is 443 g/mol. The van der Waals surface area contributed by atoms with Crippen LogP contribution in [0.15, 0.2) is 54.6 Å². The molecule has 1 aliphatic rings. The van der Waals surface area contributed by atoms with E-state index in [4.69, 9.17) is 9.47 Å². The summed E-state index contributed by atoms with van der Waals surface area (Å²) in [7, 11) is 1.26. The third kappa shape index (κ3) is 6.54. The van der Waals surface area contributed by atoms with Gasteiger partial charge in [-0.1, -0.05) is 30.3 Å². The van der Waals surface area contributed by atoms with E-state index in [-0.39, 0.29) is 37.1 Å². The molecular formula is C24H26FNO6. The molecule has 1 saturated heterocycles. The minimum absolute atomic E-state index is 0.0233. The Labute approximate surface area is 186 Å². The Balaban J connectivity index is 1.66. The van der Waals surface area contributed by atoms with Gasteiger partial charge in [0, 0.05) is 19.0 Å². The van der Waals surface area contributed by atoms with Crippen molar-refractivity contribution >= 4 is 18.0 Å². The number of ether oxygens (including phenoxy) is 3. The lowest BCUT2D eigenvalue weighted by atomic mass is 9.81. The summed E-state index contributed by atoms with van der Waals surface area (Å²) >= 11 is 0. The fourth-order valence-electron chi connectivity index (χ4n) is 3.75. The number of nitrogens with zero attached hydrogens (tertiary/aromatic N) is 1. The molecule has 0 aromatic heterocycles. The molecule has 0 spiro atoms. The Bertz CT molecular complexity index is 918. The zero-order chi connectivity index (χ0) is 22.9. The van der Waals surface area contributed by atoms with Crippen molar-refractivity contribution in [1.82, 2.24) is 4.90 Å². The van der Waals surface area contributed by atoms with Crippen molar-refractivity contribution in [2.75, 3.05) is 26.8 Å². The molecule has 2 aromatic carbocycles. The van der Waals surface area contributed by atoms with Gasteiger partial charge in [-0.3, -0.25) is 9.59 Å². The number of piperidine rings is 1. The molecule has 2 aromatic rings. The molecule has 3 rings (SSSR count). The molecule has 1 heterocycles. The van der Waals surface area contributed by atoms with Gasteiger partial charge in [-0.2, -0.15) is 0 Å². The van der Waals surface area contributed by atoms with Crippen LogP contribution in [-0.2, 0) is 19.1 Å². The van der Waals surface area contributed by atoms with Gasteiger partial charge in [-0.25, -0.2) is 9.18 Å².